The van der Waals surface area contributed by atoms with Crippen molar-refractivity contribution in [3.8, 4) is 0 Å². The molecule has 0 fully saturated rings. The van der Waals surface area contributed by atoms with Gasteiger partial charge in [-0.25, -0.2) is 0 Å². The molecule has 0 aliphatic rings. The van der Waals surface area contributed by atoms with Crippen LogP contribution >= 0.6 is 0 Å². The normalized spacial score (nSPS) is 12.9. The molecule has 0 aromatic rings. The van der Waals surface area contributed by atoms with Crippen LogP contribution in [-0.4, -0.2) is 37.2 Å². The molecule has 0 aromatic carbocycles. The average molecular weight is 847 g/mol. The van der Waals surface area contributed by atoms with Gasteiger partial charge in [0.25, 0.3) is 0 Å². The van der Waals surface area contributed by atoms with E-state index < -0.39 is 6.10 Å². The second kappa shape index (κ2) is 49.0. The molecule has 346 valence electrons. The van der Waals surface area contributed by atoms with Crippen molar-refractivity contribution in [2.75, 3.05) is 13.2 Å². The molecule has 0 aliphatic heterocycles. The summed E-state index contributed by atoms with van der Waals surface area (Å²) >= 11 is 0. The Kier molecular flexibility index (Phi) is 46.0. The number of carbonyl (C=O) groups excluding carboxylic acids is 3. The molecule has 0 spiro atoms. The average Bonchev–Trinajstić information content (AvgIpc) is 3.26. The largest absolute Gasteiger partial charge is 0.462 e. The maximum absolute atomic E-state index is 12.8. The molecule has 0 aromatic heterocycles. The highest BCUT2D eigenvalue weighted by Crippen LogP contribution is 2.15. The standard InChI is InChI=1S/C55H90O6/c1-4-7-10-13-16-19-22-25-27-30-33-36-39-42-45-48-54(57)60-51-52(50-59-53(56)47-44-41-38-35-32-29-24-21-18-15-12-9-6-3)61-55(58)49-46-43-40-37-34-31-28-26-23-20-17-14-11-8-5-2/h7,9-10,12-13,15-16,18-19,21-22,24,29,32,35,38,52H,4-6,8,11,14,17,20,23,25-28,30-31,33-34,36-37,39-51H2,1-3H3/b10-7+,12-9+,16-13+,18-15+,22-19+,24-21+,32-29+,38-35+. The zero-order valence-corrected chi connectivity index (χ0v) is 39.4. The first kappa shape index (κ1) is 57.3. The monoisotopic (exact) mass is 847 g/mol. The highest BCUT2D eigenvalue weighted by atomic mass is 16.6. The van der Waals surface area contributed by atoms with E-state index in [1.165, 1.54) is 103 Å². The Morgan fingerprint density at radius 2 is 0.656 bits per heavy atom. The van der Waals surface area contributed by atoms with Gasteiger partial charge in [-0.2, -0.15) is 0 Å². The van der Waals surface area contributed by atoms with Gasteiger partial charge in [0.2, 0.25) is 0 Å². The Labute approximate surface area is 375 Å². The van der Waals surface area contributed by atoms with Gasteiger partial charge in [-0.15, -0.1) is 0 Å². The number of ether oxygens (including phenoxy) is 3. The number of allylic oxidation sites excluding steroid dienone is 16. The molecule has 0 amide bonds. The van der Waals surface area contributed by atoms with Crippen LogP contribution in [0.2, 0.25) is 0 Å². The molecule has 61 heavy (non-hydrogen) atoms. The highest BCUT2D eigenvalue weighted by molar-refractivity contribution is 5.71. The van der Waals surface area contributed by atoms with Gasteiger partial charge < -0.3 is 14.2 Å². The zero-order valence-electron chi connectivity index (χ0n) is 39.4. The number of esters is 3. The molecule has 6 heteroatoms. The van der Waals surface area contributed by atoms with E-state index in [0.29, 0.717) is 19.3 Å². The van der Waals surface area contributed by atoms with Gasteiger partial charge in [-0.05, 0) is 51.4 Å². The Morgan fingerprint density at radius 1 is 0.344 bits per heavy atom. The number of unbranched alkanes of at least 4 members (excludes halogenated alkanes) is 22. The molecule has 0 radical (unpaired) electrons. The van der Waals surface area contributed by atoms with E-state index in [9.17, 15) is 14.4 Å². The summed E-state index contributed by atoms with van der Waals surface area (Å²) in [7, 11) is 0. The molecule has 6 nitrogen and oxygen atoms in total. The lowest BCUT2D eigenvalue weighted by atomic mass is 10.0. The van der Waals surface area contributed by atoms with E-state index in [1.807, 2.05) is 54.7 Å². The van der Waals surface area contributed by atoms with Crippen LogP contribution in [0.25, 0.3) is 0 Å². The van der Waals surface area contributed by atoms with E-state index in [4.69, 9.17) is 14.2 Å². The van der Waals surface area contributed by atoms with Gasteiger partial charge in [0.05, 0.1) is 0 Å². The first-order valence-corrected chi connectivity index (χ1v) is 24.8. The van der Waals surface area contributed by atoms with Crippen LogP contribution < -0.4 is 0 Å². The molecule has 0 saturated carbocycles. The number of hydrogen-bond donors (Lipinski definition) is 0. The van der Waals surface area contributed by atoms with Gasteiger partial charge in [0.1, 0.15) is 13.2 Å². The van der Waals surface area contributed by atoms with Gasteiger partial charge in [-0.3, -0.25) is 14.4 Å². The fourth-order valence-electron chi connectivity index (χ4n) is 6.59. The second-order valence-corrected chi connectivity index (χ2v) is 16.2. The van der Waals surface area contributed by atoms with Crippen molar-refractivity contribution in [1.82, 2.24) is 0 Å². The van der Waals surface area contributed by atoms with Crippen LogP contribution in [0.15, 0.2) is 97.2 Å². The smallest absolute Gasteiger partial charge is 0.306 e. The molecule has 0 N–H and O–H groups in total. The first-order valence-electron chi connectivity index (χ1n) is 24.8. The summed E-state index contributed by atoms with van der Waals surface area (Å²) in [6, 6.07) is 0. The summed E-state index contributed by atoms with van der Waals surface area (Å²) in [6.45, 7) is 6.28. The molecule has 1 unspecified atom stereocenters. The minimum absolute atomic E-state index is 0.106. The lowest BCUT2D eigenvalue weighted by Gasteiger charge is -2.18. The lowest BCUT2D eigenvalue weighted by Crippen LogP contribution is -2.30. The highest BCUT2D eigenvalue weighted by Gasteiger charge is 2.19. The fourth-order valence-corrected chi connectivity index (χ4v) is 6.59. The summed E-state index contributed by atoms with van der Waals surface area (Å²) in [5, 5.41) is 0. The van der Waals surface area contributed by atoms with E-state index in [1.54, 1.807) is 0 Å². The predicted octanol–water partition coefficient (Wildman–Crippen LogP) is 16.2. The molecule has 0 rings (SSSR count). The van der Waals surface area contributed by atoms with E-state index in [0.717, 1.165) is 64.2 Å². The van der Waals surface area contributed by atoms with Crippen molar-refractivity contribution < 1.29 is 28.6 Å². The minimum atomic E-state index is -0.809. The van der Waals surface area contributed by atoms with Crippen LogP contribution in [-0.2, 0) is 28.6 Å². The predicted molar refractivity (Wildman–Crippen MR) is 260 cm³/mol. The third-order valence-electron chi connectivity index (χ3n) is 10.3. The van der Waals surface area contributed by atoms with E-state index >= 15 is 0 Å². The number of carbonyl (C=O) groups is 3. The molecular formula is C55H90O6. The van der Waals surface area contributed by atoms with Crippen LogP contribution in [0.4, 0.5) is 0 Å². The number of hydrogen-bond acceptors (Lipinski definition) is 6. The van der Waals surface area contributed by atoms with Crippen molar-refractivity contribution in [2.45, 2.75) is 219 Å². The maximum Gasteiger partial charge on any atom is 0.306 e. The van der Waals surface area contributed by atoms with Gasteiger partial charge >= 0.3 is 17.9 Å². The Balaban J connectivity index is 4.49. The first-order chi connectivity index (χ1) is 30.0. The second-order valence-electron chi connectivity index (χ2n) is 16.2. The van der Waals surface area contributed by atoms with Gasteiger partial charge in [-0.1, -0.05) is 240 Å². The minimum Gasteiger partial charge on any atom is -0.462 e. The van der Waals surface area contributed by atoms with Crippen molar-refractivity contribution in [2.24, 2.45) is 0 Å². The number of rotatable bonds is 43. The van der Waals surface area contributed by atoms with Crippen molar-refractivity contribution in [3.63, 3.8) is 0 Å². The summed E-state index contributed by atoms with van der Waals surface area (Å²) in [5.74, 6) is -0.996. The van der Waals surface area contributed by atoms with Crippen LogP contribution in [0.5, 0.6) is 0 Å². The quantitative estimate of drug-likeness (QED) is 0.0263. The summed E-state index contributed by atoms with van der Waals surface area (Å²) in [5.41, 5.74) is 0. The Morgan fingerprint density at radius 3 is 1.07 bits per heavy atom. The van der Waals surface area contributed by atoms with Gasteiger partial charge in [0, 0.05) is 19.3 Å². The van der Waals surface area contributed by atoms with Crippen molar-refractivity contribution in [1.29, 1.82) is 0 Å². The summed E-state index contributed by atoms with van der Waals surface area (Å²) in [6.07, 6.45) is 64.0. The maximum atomic E-state index is 12.8. The van der Waals surface area contributed by atoms with Crippen molar-refractivity contribution >= 4 is 17.9 Å². The van der Waals surface area contributed by atoms with E-state index in [-0.39, 0.29) is 37.5 Å². The molecule has 0 saturated heterocycles. The Hall–Kier alpha value is -3.67. The van der Waals surface area contributed by atoms with Crippen molar-refractivity contribution in [3.05, 3.63) is 97.2 Å². The third-order valence-corrected chi connectivity index (χ3v) is 10.3. The Bertz CT molecular complexity index is 1250. The van der Waals surface area contributed by atoms with E-state index in [2.05, 4.69) is 63.3 Å². The molecule has 0 heterocycles. The molecule has 0 bridgehead atoms. The fraction of sp³-hybridized carbons (Fsp3) is 0.655. The third kappa shape index (κ3) is 47.2. The summed E-state index contributed by atoms with van der Waals surface area (Å²) < 4.78 is 16.7. The van der Waals surface area contributed by atoms with Crippen LogP contribution in [0.1, 0.15) is 213 Å². The lowest BCUT2D eigenvalue weighted by molar-refractivity contribution is -0.167. The molecule has 0 aliphatic carbocycles. The molecule has 1 atom stereocenters. The van der Waals surface area contributed by atoms with Crippen LogP contribution in [0, 0.1) is 0 Å². The van der Waals surface area contributed by atoms with Gasteiger partial charge in [0.15, 0.2) is 6.10 Å². The zero-order chi connectivity index (χ0) is 44.4. The summed E-state index contributed by atoms with van der Waals surface area (Å²) in [4.78, 5) is 37.9. The topological polar surface area (TPSA) is 78.9 Å². The molecular weight excluding hydrogens is 757 g/mol. The van der Waals surface area contributed by atoms with Crippen LogP contribution in [0.3, 0.4) is 0 Å². The SMILES string of the molecule is CC/C=C/C=C/C=C/C=C/C=C/CCCC(=O)OCC(COC(=O)CCCCCCCCC/C=C/C=C/C=C/CC)OC(=O)CCCCCCCCCCCCCCCCC.